The summed E-state index contributed by atoms with van der Waals surface area (Å²) >= 11 is 1.52. The van der Waals surface area contributed by atoms with Gasteiger partial charge in [-0.05, 0) is 45.3 Å². The van der Waals surface area contributed by atoms with Crippen molar-refractivity contribution in [1.82, 2.24) is 15.2 Å². The van der Waals surface area contributed by atoms with Crippen LogP contribution >= 0.6 is 11.3 Å². The second-order valence-electron chi connectivity index (χ2n) is 5.55. The van der Waals surface area contributed by atoms with Crippen LogP contribution in [0.5, 0.6) is 11.5 Å². The van der Waals surface area contributed by atoms with Gasteiger partial charge in [-0.15, -0.1) is 11.3 Å². The first-order chi connectivity index (χ1) is 11.6. The van der Waals surface area contributed by atoms with E-state index in [1.807, 2.05) is 19.5 Å². The van der Waals surface area contributed by atoms with Crippen molar-refractivity contribution < 1.29 is 14.3 Å². The molecule has 2 aromatic rings. The number of thiazole rings is 1. The molecule has 0 aliphatic rings. The van der Waals surface area contributed by atoms with Crippen molar-refractivity contribution in [2.24, 2.45) is 0 Å². The van der Waals surface area contributed by atoms with Crippen LogP contribution in [0.15, 0.2) is 29.1 Å². The monoisotopic (exact) mass is 349 g/mol. The van der Waals surface area contributed by atoms with E-state index in [0.717, 1.165) is 18.7 Å². The van der Waals surface area contributed by atoms with Crippen molar-refractivity contribution in [3.8, 4) is 11.5 Å². The molecule has 0 saturated heterocycles. The standard InChI is InChI=1S/C17H23N3O3S/c1-20(2)8-4-7-18-17(21)13-5-6-15(16(9-13)22-3)23-10-14-11-24-12-19-14/h5-6,9,11-12H,4,7-8,10H2,1-3H3,(H,18,21). The van der Waals surface area contributed by atoms with Crippen LogP contribution in [0, 0.1) is 0 Å². The van der Waals surface area contributed by atoms with E-state index in [9.17, 15) is 4.79 Å². The number of aromatic nitrogens is 1. The number of nitrogens with zero attached hydrogens (tertiary/aromatic N) is 2. The summed E-state index contributed by atoms with van der Waals surface area (Å²) in [6.45, 7) is 1.95. The Bertz CT molecular complexity index is 645. The van der Waals surface area contributed by atoms with E-state index < -0.39 is 0 Å². The number of hydrogen-bond donors (Lipinski definition) is 1. The highest BCUT2D eigenvalue weighted by atomic mass is 32.1. The zero-order valence-corrected chi connectivity index (χ0v) is 15.1. The first kappa shape index (κ1) is 18.2. The van der Waals surface area contributed by atoms with Gasteiger partial charge in [-0.1, -0.05) is 0 Å². The van der Waals surface area contributed by atoms with Gasteiger partial charge in [0, 0.05) is 17.5 Å². The third kappa shape index (κ3) is 5.50. The fraction of sp³-hybridized carbons (Fsp3) is 0.412. The second kappa shape index (κ2) is 9.24. The Morgan fingerprint density at radius 2 is 2.17 bits per heavy atom. The molecule has 1 amide bonds. The molecular weight excluding hydrogens is 326 g/mol. The Morgan fingerprint density at radius 3 is 2.83 bits per heavy atom. The number of carbonyl (C=O) groups excluding carboxylic acids is 1. The van der Waals surface area contributed by atoms with Crippen molar-refractivity contribution in [1.29, 1.82) is 0 Å². The van der Waals surface area contributed by atoms with Crippen LogP contribution in [0.2, 0.25) is 0 Å². The number of amides is 1. The molecule has 7 heteroatoms. The molecule has 0 spiro atoms. The number of methoxy groups -OCH3 is 1. The molecule has 0 unspecified atom stereocenters. The second-order valence-corrected chi connectivity index (χ2v) is 6.27. The minimum absolute atomic E-state index is 0.113. The van der Waals surface area contributed by atoms with Crippen molar-refractivity contribution in [3.63, 3.8) is 0 Å². The van der Waals surface area contributed by atoms with Crippen molar-refractivity contribution in [2.45, 2.75) is 13.0 Å². The average molecular weight is 349 g/mol. The van der Waals surface area contributed by atoms with Gasteiger partial charge in [0.15, 0.2) is 11.5 Å². The zero-order valence-electron chi connectivity index (χ0n) is 14.2. The number of benzene rings is 1. The van der Waals surface area contributed by atoms with E-state index in [-0.39, 0.29) is 5.91 Å². The molecule has 0 radical (unpaired) electrons. The normalized spacial score (nSPS) is 10.7. The summed E-state index contributed by atoms with van der Waals surface area (Å²) in [6, 6.07) is 5.18. The van der Waals surface area contributed by atoms with Crippen LogP contribution in [0.3, 0.4) is 0 Å². The Balaban J connectivity index is 1.93. The van der Waals surface area contributed by atoms with E-state index in [2.05, 4.69) is 15.2 Å². The lowest BCUT2D eigenvalue weighted by atomic mass is 10.2. The Hall–Kier alpha value is -2.12. The molecule has 24 heavy (non-hydrogen) atoms. The lowest BCUT2D eigenvalue weighted by Gasteiger charge is -2.12. The lowest BCUT2D eigenvalue weighted by Crippen LogP contribution is -2.27. The number of ether oxygens (including phenoxy) is 2. The van der Waals surface area contributed by atoms with Gasteiger partial charge in [-0.2, -0.15) is 0 Å². The molecule has 1 heterocycles. The molecular formula is C17H23N3O3S. The van der Waals surface area contributed by atoms with Gasteiger partial charge in [-0.25, -0.2) is 4.98 Å². The smallest absolute Gasteiger partial charge is 0.251 e. The van der Waals surface area contributed by atoms with Crippen LogP contribution in [0.4, 0.5) is 0 Å². The maximum Gasteiger partial charge on any atom is 0.251 e. The predicted molar refractivity (Wildman–Crippen MR) is 94.9 cm³/mol. The summed E-state index contributed by atoms with van der Waals surface area (Å²) < 4.78 is 11.0. The van der Waals surface area contributed by atoms with E-state index >= 15 is 0 Å². The third-order valence-electron chi connectivity index (χ3n) is 3.35. The maximum atomic E-state index is 12.2. The molecule has 0 aliphatic carbocycles. The summed E-state index contributed by atoms with van der Waals surface area (Å²) in [5.41, 5.74) is 3.18. The summed E-state index contributed by atoms with van der Waals surface area (Å²) in [5.74, 6) is 1.01. The molecule has 6 nitrogen and oxygen atoms in total. The average Bonchev–Trinajstić information content (AvgIpc) is 3.09. The van der Waals surface area contributed by atoms with Crippen LogP contribution in [-0.4, -0.2) is 50.1 Å². The van der Waals surface area contributed by atoms with Gasteiger partial charge in [0.1, 0.15) is 6.61 Å². The first-order valence-electron chi connectivity index (χ1n) is 7.71. The fourth-order valence-electron chi connectivity index (χ4n) is 2.09. The Morgan fingerprint density at radius 1 is 1.33 bits per heavy atom. The SMILES string of the molecule is COc1cc(C(=O)NCCCN(C)C)ccc1OCc1cscn1. The van der Waals surface area contributed by atoms with Crippen molar-refractivity contribution >= 4 is 17.2 Å². The van der Waals surface area contributed by atoms with Gasteiger partial charge in [0.05, 0.1) is 18.3 Å². The van der Waals surface area contributed by atoms with Gasteiger partial charge >= 0.3 is 0 Å². The molecule has 0 aliphatic heterocycles. The fourth-order valence-corrected chi connectivity index (χ4v) is 2.63. The van der Waals surface area contributed by atoms with Crippen molar-refractivity contribution in [2.75, 3.05) is 34.3 Å². The quantitative estimate of drug-likeness (QED) is 0.705. The number of rotatable bonds is 9. The Labute approximate surface area is 146 Å². The topological polar surface area (TPSA) is 63.7 Å². The van der Waals surface area contributed by atoms with E-state index in [4.69, 9.17) is 9.47 Å². The first-order valence-corrected chi connectivity index (χ1v) is 8.65. The van der Waals surface area contributed by atoms with Gasteiger partial charge in [-0.3, -0.25) is 4.79 Å². The molecule has 1 N–H and O–H groups in total. The molecule has 1 aromatic carbocycles. The predicted octanol–water partition coefficient (Wildman–Crippen LogP) is 2.41. The molecule has 0 bridgehead atoms. The minimum atomic E-state index is -0.113. The van der Waals surface area contributed by atoms with Crippen LogP contribution < -0.4 is 14.8 Å². The molecule has 2 rings (SSSR count). The highest BCUT2D eigenvalue weighted by Crippen LogP contribution is 2.28. The largest absolute Gasteiger partial charge is 0.493 e. The van der Waals surface area contributed by atoms with Crippen molar-refractivity contribution in [3.05, 3.63) is 40.3 Å². The maximum absolute atomic E-state index is 12.2. The van der Waals surface area contributed by atoms with E-state index in [0.29, 0.717) is 30.2 Å². The van der Waals surface area contributed by atoms with Gasteiger partial charge in [0.25, 0.3) is 5.91 Å². The number of nitrogens with one attached hydrogen (secondary N) is 1. The Kier molecular flexibility index (Phi) is 7.02. The van der Waals surface area contributed by atoms with Crippen LogP contribution in [-0.2, 0) is 6.61 Å². The summed E-state index contributed by atoms with van der Waals surface area (Å²) in [5, 5.41) is 4.84. The molecule has 130 valence electrons. The van der Waals surface area contributed by atoms with E-state index in [1.54, 1.807) is 30.8 Å². The van der Waals surface area contributed by atoms with Crippen LogP contribution in [0.25, 0.3) is 0 Å². The zero-order chi connectivity index (χ0) is 17.4. The van der Waals surface area contributed by atoms with Gasteiger partial charge < -0.3 is 19.7 Å². The third-order valence-corrected chi connectivity index (χ3v) is 3.99. The number of carbonyl (C=O) groups is 1. The molecule has 0 fully saturated rings. The number of hydrogen-bond acceptors (Lipinski definition) is 6. The minimum Gasteiger partial charge on any atom is -0.493 e. The summed E-state index contributed by atoms with van der Waals surface area (Å²) in [6.07, 6.45) is 0.907. The molecule has 0 saturated carbocycles. The highest BCUT2D eigenvalue weighted by molar-refractivity contribution is 7.07. The molecule has 0 atom stereocenters. The summed E-state index contributed by atoms with van der Waals surface area (Å²) in [4.78, 5) is 18.4. The molecule has 1 aromatic heterocycles. The van der Waals surface area contributed by atoms with E-state index in [1.165, 1.54) is 11.3 Å². The lowest BCUT2D eigenvalue weighted by molar-refractivity contribution is 0.0952. The van der Waals surface area contributed by atoms with Gasteiger partial charge in [0.2, 0.25) is 0 Å². The van der Waals surface area contributed by atoms with Crippen LogP contribution in [0.1, 0.15) is 22.5 Å². The summed E-state index contributed by atoms with van der Waals surface area (Å²) in [7, 11) is 5.58. The highest BCUT2D eigenvalue weighted by Gasteiger charge is 2.11.